The molecule has 1 N–H and O–H groups in total. The van der Waals surface area contributed by atoms with Gasteiger partial charge in [-0.15, -0.1) is 0 Å². The summed E-state index contributed by atoms with van der Waals surface area (Å²) in [5.41, 5.74) is 7.21. The SMILES string of the molecule is C[NH+](C)CC1=C=C=CC=C1. The highest BCUT2D eigenvalue weighted by Crippen LogP contribution is 1.93. The highest BCUT2D eigenvalue weighted by Gasteiger charge is 1.96. The van der Waals surface area contributed by atoms with Crippen molar-refractivity contribution < 1.29 is 4.90 Å². The maximum atomic E-state index is 3.05. The van der Waals surface area contributed by atoms with Crippen LogP contribution in [0.4, 0.5) is 0 Å². The molecule has 0 fully saturated rings. The summed E-state index contributed by atoms with van der Waals surface area (Å²) < 4.78 is 0. The Kier molecular flexibility index (Phi) is 2.30. The third-order valence-electron chi connectivity index (χ3n) is 1.25. The van der Waals surface area contributed by atoms with E-state index in [9.17, 15) is 0 Å². The summed E-state index contributed by atoms with van der Waals surface area (Å²) in [6, 6.07) is 0. The second-order valence-corrected chi connectivity index (χ2v) is 2.70. The number of hydrogen-bond donors (Lipinski definition) is 1. The summed E-state index contributed by atoms with van der Waals surface area (Å²) in [4.78, 5) is 1.41. The molecule has 0 amide bonds. The number of allylic oxidation sites excluding steroid dienone is 2. The summed E-state index contributed by atoms with van der Waals surface area (Å²) in [5, 5.41) is 0. The van der Waals surface area contributed by atoms with Gasteiger partial charge in [0, 0.05) is 0 Å². The zero-order valence-corrected chi connectivity index (χ0v) is 6.44. The van der Waals surface area contributed by atoms with Gasteiger partial charge in [0.15, 0.2) is 0 Å². The molecule has 0 aliphatic heterocycles. The molecule has 0 atom stereocenters. The minimum Gasteiger partial charge on any atom is -0.336 e. The summed E-state index contributed by atoms with van der Waals surface area (Å²) in [6.45, 7) is 1.03. The number of rotatable bonds is 2. The van der Waals surface area contributed by atoms with Gasteiger partial charge in [-0.05, 0) is 12.2 Å². The first kappa shape index (κ1) is 7.11. The summed E-state index contributed by atoms with van der Waals surface area (Å²) in [5.74, 6) is 0. The molecule has 1 aliphatic carbocycles. The average molecular weight is 134 g/mol. The molecule has 52 valence electrons. The van der Waals surface area contributed by atoms with Gasteiger partial charge in [-0.2, -0.15) is 0 Å². The fourth-order valence-electron chi connectivity index (χ4n) is 0.872. The molecule has 10 heavy (non-hydrogen) atoms. The van der Waals surface area contributed by atoms with Gasteiger partial charge in [0.05, 0.1) is 19.7 Å². The summed E-state index contributed by atoms with van der Waals surface area (Å²) >= 11 is 0. The van der Waals surface area contributed by atoms with Crippen LogP contribution in [0.5, 0.6) is 0 Å². The van der Waals surface area contributed by atoms with Gasteiger partial charge >= 0.3 is 0 Å². The Morgan fingerprint density at radius 2 is 2.30 bits per heavy atom. The fourth-order valence-corrected chi connectivity index (χ4v) is 0.872. The van der Waals surface area contributed by atoms with Crippen LogP contribution < -0.4 is 4.90 Å². The molecule has 0 spiro atoms. The maximum absolute atomic E-state index is 3.05. The van der Waals surface area contributed by atoms with E-state index in [0.717, 1.165) is 6.54 Å². The van der Waals surface area contributed by atoms with Crippen LogP contribution in [0.3, 0.4) is 0 Å². The van der Waals surface area contributed by atoms with E-state index in [-0.39, 0.29) is 0 Å². The van der Waals surface area contributed by atoms with E-state index in [2.05, 4.69) is 31.6 Å². The molecule has 1 heteroatoms. The standard InChI is InChI=1S/C9H11N/c1-10(2)8-9-6-4-3-5-7-9/h3-4,6H,8H2,1-2H3/p+1. The van der Waals surface area contributed by atoms with Crippen molar-refractivity contribution in [2.45, 2.75) is 0 Å². The van der Waals surface area contributed by atoms with Gasteiger partial charge in [0.1, 0.15) is 6.54 Å². The molecular formula is C9H12N+. The number of nitrogens with one attached hydrogen (secondary N) is 1. The van der Waals surface area contributed by atoms with Crippen LogP contribution in [0.25, 0.3) is 0 Å². The first-order valence-corrected chi connectivity index (χ1v) is 3.45. The van der Waals surface area contributed by atoms with Crippen molar-refractivity contribution in [3.8, 4) is 0 Å². The Hall–Kier alpha value is -1.00. The predicted molar refractivity (Wildman–Crippen MR) is 41.9 cm³/mol. The van der Waals surface area contributed by atoms with Crippen molar-refractivity contribution in [3.05, 3.63) is 35.3 Å². The van der Waals surface area contributed by atoms with Crippen molar-refractivity contribution in [1.82, 2.24) is 0 Å². The van der Waals surface area contributed by atoms with E-state index in [0.29, 0.717) is 0 Å². The Bertz CT molecular complexity index is 233. The third kappa shape index (κ3) is 2.08. The molecule has 0 saturated heterocycles. The molecule has 0 radical (unpaired) electrons. The van der Waals surface area contributed by atoms with Crippen LogP contribution >= 0.6 is 0 Å². The Balaban J connectivity index is 2.65. The minimum absolute atomic E-state index is 1.03. The first-order valence-electron chi connectivity index (χ1n) is 3.45. The van der Waals surface area contributed by atoms with Gasteiger partial charge in [-0.1, -0.05) is 17.5 Å². The van der Waals surface area contributed by atoms with Crippen molar-refractivity contribution in [2.24, 2.45) is 0 Å². The minimum atomic E-state index is 1.03. The average Bonchev–Trinajstić information content (AvgIpc) is 1.88. The van der Waals surface area contributed by atoms with E-state index >= 15 is 0 Å². The van der Waals surface area contributed by atoms with Crippen LogP contribution in [0.2, 0.25) is 0 Å². The molecule has 1 rings (SSSR count). The Labute approximate surface area is 61.7 Å². The van der Waals surface area contributed by atoms with Crippen LogP contribution in [-0.2, 0) is 0 Å². The second kappa shape index (κ2) is 3.24. The fraction of sp³-hybridized carbons (Fsp3) is 0.333. The zero-order valence-electron chi connectivity index (χ0n) is 6.44. The first-order chi connectivity index (χ1) is 4.79. The van der Waals surface area contributed by atoms with E-state index in [1.807, 2.05) is 12.2 Å². The number of quaternary nitrogens is 1. The van der Waals surface area contributed by atoms with Gasteiger partial charge in [-0.3, -0.25) is 0 Å². The lowest BCUT2D eigenvalue weighted by atomic mass is 10.2. The molecule has 0 unspecified atom stereocenters. The summed E-state index contributed by atoms with van der Waals surface area (Å²) in [6.07, 6.45) is 5.94. The topological polar surface area (TPSA) is 4.44 Å². The van der Waals surface area contributed by atoms with Crippen LogP contribution in [0.15, 0.2) is 35.3 Å². The molecule has 1 aliphatic rings. The van der Waals surface area contributed by atoms with Crippen molar-refractivity contribution in [3.63, 3.8) is 0 Å². The molecule has 0 heterocycles. The van der Waals surface area contributed by atoms with Crippen molar-refractivity contribution >= 4 is 0 Å². The van der Waals surface area contributed by atoms with Crippen molar-refractivity contribution in [1.29, 1.82) is 0 Å². The lowest BCUT2D eigenvalue weighted by molar-refractivity contribution is -0.852. The molecule has 0 aromatic heterocycles. The van der Waals surface area contributed by atoms with E-state index < -0.39 is 0 Å². The molecule has 0 bridgehead atoms. The zero-order chi connectivity index (χ0) is 7.40. The van der Waals surface area contributed by atoms with E-state index in [1.165, 1.54) is 10.5 Å². The van der Waals surface area contributed by atoms with Gasteiger partial charge in [0.25, 0.3) is 0 Å². The molecule has 1 nitrogen and oxygen atoms in total. The normalized spacial score (nSPS) is 14.5. The highest BCUT2D eigenvalue weighted by molar-refractivity contribution is 5.25. The van der Waals surface area contributed by atoms with Gasteiger partial charge in [-0.25, -0.2) is 0 Å². The quantitative estimate of drug-likeness (QED) is 0.505. The molecule has 0 saturated carbocycles. The third-order valence-corrected chi connectivity index (χ3v) is 1.25. The maximum Gasteiger partial charge on any atom is 0.110 e. The van der Waals surface area contributed by atoms with Crippen LogP contribution in [0, 0.1) is 0 Å². The molecule has 0 aromatic carbocycles. The van der Waals surface area contributed by atoms with Crippen LogP contribution in [0.1, 0.15) is 0 Å². The van der Waals surface area contributed by atoms with Crippen LogP contribution in [-0.4, -0.2) is 20.6 Å². The smallest absolute Gasteiger partial charge is 0.110 e. The Morgan fingerprint density at radius 3 is 2.80 bits per heavy atom. The number of hydrogen-bond acceptors (Lipinski definition) is 0. The van der Waals surface area contributed by atoms with E-state index in [4.69, 9.17) is 0 Å². The van der Waals surface area contributed by atoms with Gasteiger partial charge in [0.2, 0.25) is 0 Å². The summed E-state index contributed by atoms with van der Waals surface area (Å²) in [7, 11) is 4.25. The molecule has 0 aromatic rings. The van der Waals surface area contributed by atoms with Crippen molar-refractivity contribution in [2.75, 3.05) is 20.6 Å². The van der Waals surface area contributed by atoms with Gasteiger partial charge < -0.3 is 4.90 Å². The lowest BCUT2D eigenvalue weighted by Crippen LogP contribution is -3.05. The number of likely N-dealkylation sites (N-methyl/N-ethyl adjacent to an activating group) is 1. The highest BCUT2D eigenvalue weighted by atomic mass is 15.0. The monoisotopic (exact) mass is 134 g/mol. The van der Waals surface area contributed by atoms with E-state index in [1.54, 1.807) is 0 Å². The largest absolute Gasteiger partial charge is 0.336 e. The second-order valence-electron chi connectivity index (χ2n) is 2.70. The lowest BCUT2D eigenvalue weighted by Gasteiger charge is -2.05. The predicted octanol–water partition coefficient (Wildman–Crippen LogP) is -0.0627. The Morgan fingerprint density at radius 1 is 1.50 bits per heavy atom. The molecular weight excluding hydrogens is 122 g/mol.